The summed E-state index contributed by atoms with van der Waals surface area (Å²) in [5.41, 5.74) is 1.72. The molecule has 3 heterocycles. The van der Waals surface area contributed by atoms with Crippen LogP contribution in [0.4, 0.5) is 5.82 Å². The molecule has 2 aromatic rings. The summed E-state index contributed by atoms with van der Waals surface area (Å²) in [5.74, 6) is 1.36. The van der Waals surface area contributed by atoms with Gasteiger partial charge in [-0.1, -0.05) is 0 Å². The van der Waals surface area contributed by atoms with E-state index in [9.17, 15) is 4.79 Å². The SMILES string of the molecule is CCOc1cc(N2CCc3c(ncn(CC)c3=O)C2)ncn1. The van der Waals surface area contributed by atoms with E-state index in [1.165, 1.54) is 6.33 Å². The van der Waals surface area contributed by atoms with Gasteiger partial charge < -0.3 is 9.64 Å². The van der Waals surface area contributed by atoms with Gasteiger partial charge >= 0.3 is 0 Å². The van der Waals surface area contributed by atoms with E-state index in [-0.39, 0.29) is 5.56 Å². The van der Waals surface area contributed by atoms with E-state index in [0.717, 1.165) is 23.6 Å². The van der Waals surface area contributed by atoms with Crippen molar-refractivity contribution in [1.29, 1.82) is 0 Å². The van der Waals surface area contributed by atoms with Gasteiger partial charge in [-0.2, -0.15) is 0 Å². The highest BCUT2D eigenvalue weighted by atomic mass is 16.5. The van der Waals surface area contributed by atoms with Crippen LogP contribution in [0.3, 0.4) is 0 Å². The second kappa shape index (κ2) is 6.13. The predicted molar refractivity (Wildman–Crippen MR) is 82.1 cm³/mol. The minimum atomic E-state index is 0.0739. The van der Waals surface area contributed by atoms with E-state index in [4.69, 9.17) is 4.74 Å². The fourth-order valence-electron chi connectivity index (χ4n) is 2.61. The molecule has 7 nitrogen and oxygen atoms in total. The van der Waals surface area contributed by atoms with Gasteiger partial charge in [0.1, 0.15) is 12.1 Å². The molecule has 0 radical (unpaired) electrons. The van der Waals surface area contributed by atoms with Crippen LogP contribution in [-0.4, -0.2) is 32.7 Å². The summed E-state index contributed by atoms with van der Waals surface area (Å²) in [5, 5.41) is 0. The van der Waals surface area contributed by atoms with Crippen molar-refractivity contribution >= 4 is 5.82 Å². The van der Waals surface area contributed by atoms with Gasteiger partial charge in [0.05, 0.1) is 25.2 Å². The van der Waals surface area contributed by atoms with Crippen LogP contribution >= 0.6 is 0 Å². The molecule has 0 spiro atoms. The summed E-state index contributed by atoms with van der Waals surface area (Å²) >= 11 is 0. The third-order valence-corrected chi connectivity index (χ3v) is 3.78. The minimum Gasteiger partial charge on any atom is -0.478 e. The summed E-state index contributed by atoms with van der Waals surface area (Å²) in [7, 11) is 0. The highest BCUT2D eigenvalue weighted by Gasteiger charge is 2.22. The maximum Gasteiger partial charge on any atom is 0.256 e. The lowest BCUT2D eigenvalue weighted by atomic mass is 10.1. The number of aryl methyl sites for hydroxylation is 1. The van der Waals surface area contributed by atoms with Crippen LogP contribution in [0.2, 0.25) is 0 Å². The third kappa shape index (κ3) is 2.66. The minimum absolute atomic E-state index is 0.0739. The van der Waals surface area contributed by atoms with Gasteiger partial charge in [-0.05, 0) is 20.3 Å². The Hall–Kier alpha value is -2.44. The van der Waals surface area contributed by atoms with Crippen LogP contribution in [0, 0.1) is 0 Å². The topological polar surface area (TPSA) is 73.1 Å². The Morgan fingerprint density at radius 2 is 2.14 bits per heavy atom. The smallest absolute Gasteiger partial charge is 0.256 e. The number of ether oxygens (including phenoxy) is 1. The summed E-state index contributed by atoms with van der Waals surface area (Å²) in [6.07, 6.45) is 3.80. The number of fused-ring (bicyclic) bond motifs is 1. The molecule has 2 aromatic heterocycles. The van der Waals surface area contributed by atoms with Gasteiger partial charge in [0.25, 0.3) is 5.56 Å². The van der Waals surface area contributed by atoms with E-state index in [2.05, 4.69) is 19.9 Å². The quantitative estimate of drug-likeness (QED) is 0.839. The first kappa shape index (κ1) is 14.5. The number of hydrogen-bond acceptors (Lipinski definition) is 6. The van der Waals surface area contributed by atoms with Crippen LogP contribution in [0.1, 0.15) is 25.1 Å². The van der Waals surface area contributed by atoms with Gasteiger partial charge in [0.2, 0.25) is 5.88 Å². The van der Waals surface area contributed by atoms with E-state index < -0.39 is 0 Å². The van der Waals surface area contributed by atoms with Crippen molar-refractivity contribution in [3.8, 4) is 5.88 Å². The van der Waals surface area contributed by atoms with Gasteiger partial charge in [-0.25, -0.2) is 15.0 Å². The lowest BCUT2D eigenvalue weighted by molar-refractivity contribution is 0.326. The average molecular weight is 301 g/mol. The van der Waals surface area contributed by atoms with Crippen LogP contribution in [0.15, 0.2) is 23.5 Å². The average Bonchev–Trinajstić information content (AvgIpc) is 2.55. The second-order valence-electron chi connectivity index (χ2n) is 5.08. The molecule has 0 atom stereocenters. The van der Waals surface area contributed by atoms with E-state index in [1.54, 1.807) is 10.9 Å². The van der Waals surface area contributed by atoms with E-state index >= 15 is 0 Å². The fraction of sp³-hybridized carbons (Fsp3) is 0.467. The molecule has 0 bridgehead atoms. The molecule has 0 aliphatic carbocycles. The molecule has 1 aliphatic heterocycles. The summed E-state index contributed by atoms with van der Waals surface area (Å²) < 4.78 is 7.05. The number of nitrogens with zero attached hydrogens (tertiary/aromatic N) is 5. The largest absolute Gasteiger partial charge is 0.478 e. The number of rotatable bonds is 4. The number of anilines is 1. The standard InChI is InChI=1S/C15H19N5O2/c1-3-19-10-18-12-8-20(6-5-11(12)15(19)21)13-7-14(22-4-2)17-9-16-13/h7,9-10H,3-6,8H2,1-2H3. The summed E-state index contributed by atoms with van der Waals surface area (Å²) in [4.78, 5) is 27.2. The Kier molecular flexibility index (Phi) is 4.04. The van der Waals surface area contributed by atoms with Crippen molar-refractivity contribution in [2.45, 2.75) is 33.4 Å². The molecular weight excluding hydrogens is 282 g/mol. The maximum atomic E-state index is 12.3. The molecule has 3 rings (SSSR count). The monoisotopic (exact) mass is 301 g/mol. The first-order chi connectivity index (χ1) is 10.7. The normalized spacial score (nSPS) is 13.8. The lowest BCUT2D eigenvalue weighted by Gasteiger charge is -2.28. The van der Waals surface area contributed by atoms with Crippen molar-refractivity contribution < 1.29 is 4.74 Å². The molecule has 0 saturated carbocycles. The fourth-order valence-corrected chi connectivity index (χ4v) is 2.61. The zero-order valence-corrected chi connectivity index (χ0v) is 12.8. The number of aromatic nitrogens is 4. The molecule has 0 saturated heterocycles. The van der Waals surface area contributed by atoms with Gasteiger partial charge in [-0.3, -0.25) is 9.36 Å². The Labute approximate surface area is 128 Å². The zero-order chi connectivity index (χ0) is 15.5. The number of hydrogen-bond donors (Lipinski definition) is 0. The van der Waals surface area contributed by atoms with Gasteiger partial charge in [0, 0.05) is 24.7 Å². The van der Waals surface area contributed by atoms with Crippen molar-refractivity contribution in [2.75, 3.05) is 18.1 Å². The van der Waals surface area contributed by atoms with Crippen LogP contribution in [-0.2, 0) is 19.5 Å². The first-order valence-electron chi connectivity index (χ1n) is 7.50. The van der Waals surface area contributed by atoms with Crippen LogP contribution in [0.25, 0.3) is 0 Å². The molecule has 116 valence electrons. The predicted octanol–water partition coefficient (Wildman–Crippen LogP) is 1.01. The second-order valence-corrected chi connectivity index (χ2v) is 5.08. The van der Waals surface area contributed by atoms with Gasteiger partial charge in [0.15, 0.2) is 0 Å². The molecule has 0 N–H and O–H groups in total. The molecule has 0 fully saturated rings. The van der Waals surface area contributed by atoms with Crippen molar-refractivity contribution in [3.63, 3.8) is 0 Å². The summed E-state index contributed by atoms with van der Waals surface area (Å²) in [6.45, 7) is 6.39. The summed E-state index contributed by atoms with van der Waals surface area (Å²) in [6, 6.07) is 1.82. The highest BCUT2D eigenvalue weighted by molar-refractivity contribution is 5.43. The molecule has 22 heavy (non-hydrogen) atoms. The zero-order valence-electron chi connectivity index (χ0n) is 12.8. The molecule has 7 heteroatoms. The molecule has 1 aliphatic rings. The molecule has 0 amide bonds. The van der Waals surface area contributed by atoms with Crippen molar-refractivity contribution in [1.82, 2.24) is 19.5 Å². The maximum absolute atomic E-state index is 12.3. The van der Waals surface area contributed by atoms with Crippen LogP contribution in [0.5, 0.6) is 5.88 Å². The third-order valence-electron chi connectivity index (χ3n) is 3.78. The Morgan fingerprint density at radius 1 is 1.27 bits per heavy atom. The van der Waals surface area contributed by atoms with Crippen molar-refractivity contribution in [3.05, 3.63) is 40.3 Å². The molecule has 0 aromatic carbocycles. The van der Waals surface area contributed by atoms with E-state index in [0.29, 0.717) is 32.0 Å². The molecule has 0 unspecified atom stereocenters. The first-order valence-corrected chi connectivity index (χ1v) is 7.50. The Bertz CT molecular complexity index is 728. The highest BCUT2D eigenvalue weighted by Crippen LogP contribution is 2.21. The van der Waals surface area contributed by atoms with Gasteiger partial charge in [-0.15, -0.1) is 0 Å². The van der Waals surface area contributed by atoms with Crippen molar-refractivity contribution in [2.24, 2.45) is 0 Å². The Morgan fingerprint density at radius 3 is 2.91 bits per heavy atom. The van der Waals surface area contributed by atoms with Crippen LogP contribution < -0.4 is 15.2 Å². The molecular formula is C15H19N5O2. The Balaban J connectivity index is 1.87. The lowest BCUT2D eigenvalue weighted by Crippen LogP contribution is -2.37. The van der Waals surface area contributed by atoms with E-state index in [1.807, 2.05) is 19.9 Å².